The lowest BCUT2D eigenvalue weighted by molar-refractivity contribution is 0.517. The number of allylic oxidation sites excluding steroid dienone is 1. The Kier molecular flexibility index (Phi) is 5.83. The van der Waals surface area contributed by atoms with E-state index in [1.54, 1.807) is 6.07 Å². The number of rotatable bonds is 6. The molecule has 11 heteroatoms. The van der Waals surface area contributed by atoms with Gasteiger partial charge in [-0.25, -0.2) is 18.2 Å². The molecule has 1 aliphatic heterocycles. The van der Waals surface area contributed by atoms with Crippen LogP contribution in [0.2, 0.25) is 0 Å². The van der Waals surface area contributed by atoms with E-state index in [-0.39, 0.29) is 15.6 Å². The first-order valence-electron chi connectivity index (χ1n) is 10.4. The van der Waals surface area contributed by atoms with Gasteiger partial charge in [-0.3, -0.25) is 9.29 Å². The second-order valence-corrected chi connectivity index (χ2v) is 10.1. The van der Waals surface area contributed by atoms with Crippen molar-refractivity contribution in [2.24, 2.45) is 0 Å². The zero-order valence-electron chi connectivity index (χ0n) is 17.5. The Labute approximate surface area is 194 Å². The minimum absolute atomic E-state index is 0.0254. The third-order valence-corrected chi connectivity index (χ3v) is 7.56. The smallest absolute Gasteiger partial charge is 0.408 e. The largest absolute Gasteiger partial charge is 0.420 e. The number of anilines is 1. The van der Waals surface area contributed by atoms with Gasteiger partial charge in [0.05, 0.1) is 17.0 Å². The van der Waals surface area contributed by atoms with E-state index in [1.165, 1.54) is 28.6 Å². The Bertz CT molecular complexity index is 1490. The predicted octanol–water partition coefficient (Wildman–Crippen LogP) is 3.06. The molecule has 0 aliphatic carbocycles. The maximum absolute atomic E-state index is 12.7. The standard InChI is InChI=1S/C22H21N5O4S2/c28-22-27(13-16-4-1-2-6-18(16)15-5-3-10-23-11-9-15)19-8-7-17(12-20(19)31-22)33(29,30)26-21-24-14-25-32-21/h1-2,4,6-9,12,14,23H,3,5,10-11,13H2,(H,24,25,26). The summed E-state index contributed by atoms with van der Waals surface area (Å²) < 4.78 is 38.4. The summed E-state index contributed by atoms with van der Waals surface area (Å²) in [6.45, 7) is 2.12. The molecule has 2 aromatic heterocycles. The maximum Gasteiger partial charge on any atom is 0.420 e. The molecule has 9 nitrogen and oxygen atoms in total. The van der Waals surface area contributed by atoms with Crippen molar-refractivity contribution in [1.82, 2.24) is 19.2 Å². The van der Waals surface area contributed by atoms with Crippen molar-refractivity contribution in [3.63, 3.8) is 0 Å². The van der Waals surface area contributed by atoms with Crippen LogP contribution < -0.4 is 15.8 Å². The van der Waals surface area contributed by atoms with E-state index in [1.807, 2.05) is 18.2 Å². The SMILES string of the molecule is O=c1oc2cc(S(=O)(=O)Nc3ncns3)ccc2n1Cc1ccccc1C1=CCNCCC1. The fourth-order valence-corrected chi connectivity index (χ4v) is 5.62. The van der Waals surface area contributed by atoms with Gasteiger partial charge >= 0.3 is 5.76 Å². The van der Waals surface area contributed by atoms with Crippen molar-refractivity contribution < 1.29 is 12.8 Å². The number of benzene rings is 2. The molecule has 0 spiro atoms. The number of aromatic nitrogens is 3. The lowest BCUT2D eigenvalue weighted by Gasteiger charge is -2.13. The Balaban J connectivity index is 1.49. The summed E-state index contributed by atoms with van der Waals surface area (Å²) in [6.07, 6.45) is 5.49. The van der Waals surface area contributed by atoms with Gasteiger partial charge in [-0.2, -0.15) is 4.37 Å². The quantitative estimate of drug-likeness (QED) is 0.433. The van der Waals surface area contributed by atoms with Gasteiger partial charge in [-0.05, 0) is 48.2 Å². The Hall–Kier alpha value is -3.28. The van der Waals surface area contributed by atoms with Gasteiger partial charge in [-0.15, -0.1) is 0 Å². The Morgan fingerprint density at radius 1 is 1.21 bits per heavy atom. The second-order valence-electron chi connectivity index (χ2n) is 7.63. The molecule has 0 atom stereocenters. The predicted molar refractivity (Wildman–Crippen MR) is 127 cm³/mol. The zero-order chi connectivity index (χ0) is 22.8. The maximum atomic E-state index is 12.7. The lowest BCUT2D eigenvalue weighted by atomic mass is 9.96. The van der Waals surface area contributed by atoms with Crippen molar-refractivity contribution >= 4 is 43.4 Å². The number of fused-ring (bicyclic) bond motifs is 1. The normalized spacial score (nSPS) is 14.7. The van der Waals surface area contributed by atoms with Crippen LogP contribution in [0.1, 0.15) is 24.0 Å². The van der Waals surface area contributed by atoms with Crippen LogP contribution in [0.4, 0.5) is 5.13 Å². The van der Waals surface area contributed by atoms with E-state index in [2.05, 4.69) is 31.5 Å². The van der Waals surface area contributed by atoms with Gasteiger partial charge in [0, 0.05) is 24.1 Å². The number of hydrogen-bond acceptors (Lipinski definition) is 8. The van der Waals surface area contributed by atoms with Crippen molar-refractivity contribution in [1.29, 1.82) is 0 Å². The molecule has 0 unspecified atom stereocenters. The van der Waals surface area contributed by atoms with E-state index in [0.717, 1.165) is 48.6 Å². The second kappa shape index (κ2) is 8.93. The molecule has 1 aliphatic rings. The third-order valence-electron chi connectivity index (χ3n) is 5.52. The van der Waals surface area contributed by atoms with Gasteiger partial charge in [0.25, 0.3) is 10.0 Å². The molecule has 2 N–H and O–H groups in total. The molecule has 170 valence electrons. The summed E-state index contributed by atoms with van der Waals surface area (Å²) in [5.74, 6) is -0.539. The van der Waals surface area contributed by atoms with Crippen molar-refractivity contribution in [3.05, 3.63) is 76.5 Å². The van der Waals surface area contributed by atoms with Gasteiger partial charge in [0.15, 0.2) is 5.58 Å². The Morgan fingerprint density at radius 2 is 2.09 bits per heavy atom. The average molecular weight is 484 g/mol. The van der Waals surface area contributed by atoms with Crippen LogP contribution in [0.5, 0.6) is 0 Å². The first kappa shape index (κ1) is 21.6. The van der Waals surface area contributed by atoms with Gasteiger partial charge in [-0.1, -0.05) is 30.3 Å². The molecule has 0 saturated carbocycles. The van der Waals surface area contributed by atoms with E-state index >= 15 is 0 Å². The zero-order valence-corrected chi connectivity index (χ0v) is 19.2. The van der Waals surface area contributed by atoms with Crippen LogP contribution in [0.25, 0.3) is 16.7 Å². The van der Waals surface area contributed by atoms with Crippen LogP contribution in [0.3, 0.4) is 0 Å². The molecule has 4 aromatic rings. The van der Waals surface area contributed by atoms with Crippen LogP contribution in [-0.2, 0) is 16.6 Å². The first-order chi connectivity index (χ1) is 16.0. The highest BCUT2D eigenvalue weighted by molar-refractivity contribution is 7.93. The summed E-state index contributed by atoms with van der Waals surface area (Å²) >= 11 is 0.933. The van der Waals surface area contributed by atoms with Gasteiger partial charge < -0.3 is 9.73 Å². The molecule has 0 saturated heterocycles. The lowest BCUT2D eigenvalue weighted by Crippen LogP contribution is -2.16. The highest BCUT2D eigenvalue weighted by Crippen LogP contribution is 2.27. The van der Waals surface area contributed by atoms with Crippen molar-refractivity contribution in [2.75, 3.05) is 17.8 Å². The van der Waals surface area contributed by atoms with Crippen LogP contribution in [0.15, 0.2) is 69.0 Å². The minimum Gasteiger partial charge on any atom is -0.408 e. The Morgan fingerprint density at radius 3 is 2.94 bits per heavy atom. The molecule has 0 amide bonds. The molecule has 0 bridgehead atoms. The van der Waals surface area contributed by atoms with Gasteiger partial charge in [0.2, 0.25) is 5.13 Å². The molecule has 2 aromatic carbocycles. The molecular formula is C22H21N5O4S2. The minimum atomic E-state index is -3.89. The molecule has 0 radical (unpaired) electrons. The van der Waals surface area contributed by atoms with Crippen LogP contribution in [0, 0.1) is 0 Å². The van der Waals surface area contributed by atoms with Crippen molar-refractivity contribution in [2.45, 2.75) is 24.3 Å². The van der Waals surface area contributed by atoms with E-state index in [0.29, 0.717) is 12.1 Å². The fraction of sp³-hybridized carbons (Fsp3) is 0.227. The average Bonchev–Trinajstić information content (AvgIpc) is 3.31. The summed E-state index contributed by atoms with van der Waals surface area (Å²) in [7, 11) is -3.89. The summed E-state index contributed by atoms with van der Waals surface area (Å²) in [6, 6.07) is 12.4. The number of hydrogen-bond donors (Lipinski definition) is 2. The van der Waals surface area contributed by atoms with Crippen LogP contribution >= 0.6 is 11.5 Å². The van der Waals surface area contributed by atoms with Gasteiger partial charge in [0.1, 0.15) is 6.33 Å². The van der Waals surface area contributed by atoms with E-state index < -0.39 is 15.8 Å². The topological polar surface area (TPSA) is 119 Å². The molecule has 3 heterocycles. The van der Waals surface area contributed by atoms with E-state index in [4.69, 9.17) is 4.42 Å². The highest BCUT2D eigenvalue weighted by atomic mass is 32.2. The highest BCUT2D eigenvalue weighted by Gasteiger charge is 2.20. The first-order valence-corrected chi connectivity index (χ1v) is 12.7. The van der Waals surface area contributed by atoms with Crippen LogP contribution in [-0.4, -0.2) is 35.4 Å². The third kappa shape index (κ3) is 4.47. The summed E-state index contributed by atoms with van der Waals surface area (Å²) in [5, 5.41) is 3.53. The fourth-order valence-electron chi connectivity index (χ4n) is 3.95. The summed E-state index contributed by atoms with van der Waals surface area (Å²) in [4.78, 5) is 16.5. The number of nitrogens with zero attached hydrogens (tertiary/aromatic N) is 3. The molecule has 5 rings (SSSR count). The van der Waals surface area contributed by atoms with E-state index in [9.17, 15) is 13.2 Å². The molecule has 0 fully saturated rings. The number of nitrogens with one attached hydrogen (secondary N) is 2. The molecular weight excluding hydrogens is 462 g/mol. The van der Waals surface area contributed by atoms with Crippen molar-refractivity contribution in [3.8, 4) is 0 Å². The molecule has 33 heavy (non-hydrogen) atoms. The monoisotopic (exact) mass is 483 g/mol. The number of sulfonamides is 1. The summed E-state index contributed by atoms with van der Waals surface area (Å²) in [5.41, 5.74) is 4.11. The number of oxazole rings is 1.